The summed E-state index contributed by atoms with van der Waals surface area (Å²) < 4.78 is 5.12. The Morgan fingerprint density at radius 1 is 1.29 bits per heavy atom. The average molecular weight is 368 g/mol. The van der Waals surface area contributed by atoms with E-state index in [2.05, 4.69) is 5.32 Å². The van der Waals surface area contributed by atoms with E-state index in [-0.39, 0.29) is 23.0 Å². The standard InChI is InChI=1S/C18H25NO3S2/c1-4-8-16(18(23)22-3)19-17(21)15(12-24-13(2)20)11-14-9-6-5-7-10-14/h5-7,9-10,15-16H,4,8,11-12H2,1-3H3,(H,19,21)/t15-,16-/m0/s1. The molecule has 0 aliphatic carbocycles. The normalized spacial score (nSPS) is 13.0. The zero-order valence-electron chi connectivity index (χ0n) is 14.4. The maximum absolute atomic E-state index is 12.7. The minimum absolute atomic E-state index is 0.0124. The van der Waals surface area contributed by atoms with Crippen LogP contribution in [0.2, 0.25) is 0 Å². The zero-order valence-corrected chi connectivity index (χ0v) is 16.0. The molecule has 1 amide bonds. The van der Waals surface area contributed by atoms with Gasteiger partial charge in [0.15, 0.2) is 10.2 Å². The van der Waals surface area contributed by atoms with Gasteiger partial charge in [0, 0.05) is 12.7 Å². The summed E-state index contributed by atoms with van der Waals surface area (Å²) >= 11 is 6.36. The largest absolute Gasteiger partial charge is 0.488 e. The Morgan fingerprint density at radius 3 is 2.50 bits per heavy atom. The number of ether oxygens (including phenoxy) is 1. The first kappa shape index (κ1) is 20.6. The monoisotopic (exact) mass is 367 g/mol. The van der Waals surface area contributed by atoms with Gasteiger partial charge >= 0.3 is 0 Å². The van der Waals surface area contributed by atoms with Crippen LogP contribution in [0, 0.1) is 5.92 Å². The van der Waals surface area contributed by atoms with Crippen LogP contribution >= 0.6 is 24.0 Å². The number of hydrogen-bond acceptors (Lipinski definition) is 5. The third kappa shape index (κ3) is 7.45. The minimum Gasteiger partial charge on any atom is -0.488 e. The predicted molar refractivity (Wildman–Crippen MR) is 103 cm³/mol. The summed E-state index contributed by atoms with van der Waals surface area (Å²) in [5.41, 5.74) is 1.07. The molecule has 0 radical (unpaired) electrons. The van der Waals surface area contributed by atoms with Crippen molar-refractivity contribution < 1.29 is 14.3 Å². The van der Waals surface area contributed by atoms with Crippen LogP contribution in [0.3, 0.4) is 0 Å². The molecule has 0 aliphatic rings. The SMILES string of the molecule is CCC[C@H](NC(=O)[C@H](CSC(C)=O)Cc1ccccc1)C(=S)OC. The molecule has 0 saturated heterocycles. The van der Waals surface area contributed by atoms with E-state index in [1.807, 2.05) is 37.3 Å². The quantitative estimate of drug-likeness (QED) is 0.678. The lowest BCUT2D eigenvalue weighted by Crippen LogP contribution is -2.44. The lowest BCUT2D eigenvalue weighted by Gasteiger charge is -2.22. The Hall–Kier alpha value is -1.40. The Balaban J connectivity index is 2.81. The number of benzene rings is 1. The molecular formula is C18H25NO3S2. The predicted octanol–water partition coefficient (Wildman–Crippen LogP) is 3.38. The molecule has 0 saturated carbocycles. The number of methoxy groups -OCH3 is 1. The van der Waals surface area contributed by atoms with Crippen LogP contribution in [0.1, 0.15) is 32.3 Å². The average Bonchev–Trinajstić information content (AvgIpc) is 2.58. The molecule has 0 heterocycles. The fraction of sp³-hybridized carbons (Fsp3) is 0.500. The molecule has 0 aliphatic heterocycles. The first-order valence-electron chi connectivity index (χ1n) is 8.03. The lowest BCUT2D eigenvalue weighted by molar-refractivity contribution is -0.124. The van der Waals surface area contributed by atoms with Gasteiger partial charge in [0.05, 0.1) is 19.1 Å². The maximum atomic E-state index is 12.7. The smallest absolute Gasteiger partial charge is 0.224 e. The van der Waals surface area contributed by atoms with Gasteiger partial charge in [-0.25, -0.2) is 0 Å². The first-order valence-corrected chi connectivity index (χ1v) is 9.42. The Labute approximate surface area is 153 Å². The Morgan fingerprint density at radius 2 is 1.96 bits per heavy atom. The van der Waals surface area contributed by atoms with Crippen LogP contribution in [0.4, 0.5) is 0 Å². The highest BCUT2D eigenvalue weighted by Crippen LogP contribution is 2.16. The molecule has 1 aromatic carbocycles. The van der Waals surface area contributed by atoms with Gasteiger partial charge < -0.3 is 10.1 Å². The van der Waals surface area contributed by atoms with Crippen molar-refractivity contribution >= 4 is 40.1 Å². The van der Waals surface area contributed by atoms with Gasteiger partial charge in [-0.15, -0.1) is 0 Å². The van der Waals surface area contributed by atoms with Crippen LogP contribution in [0.15, 0.2) is 30.3 Å². The Kier molecular flexibility index (Phi) is 9.64. The van der Waals surface area contributed by atoms with Gasteiger partial charge in [-0.1, -0.05) is 55.4 Å². The molecule has 6 heteroatoms. The van der Waals surface area contributed by atoms with Crippen LogP contribution in [0.25, 0.3) is 0 Å². The summed E-state index contributed by atoms with van der Waals surface area (Å²) in [4.78, 5) is 24.0. The van der Waals surface area contributed by atoms with Gasteiger partial charge in [-0.05, 0) is 30.6 Å². The number of amides is 1. The molecule has 4 nitrogen and oxygen atoms in total. The van der Waals surface area contributed by atoms with Crippen LogP contribution in [0.5, 0.6) is 0 Å². The van der Waals surface area contributed by atoms with Crippen LogP contribution in [-0.2, 0) is 20.7 Å². The number of rotatable bonds is 9. The van der Waals surface area contributed by atoms with Crippen molar-refractivity contribution in [3.63, 3.8) is 0 Å². The highest BCUT2D eigenvalue weighted by molar-refractivity contribution is 8.13. The molecule has 132 valence electrons. The van der Waals surface area contributed by atoms with Crippen molar-refractivity contribution in [3.8, 4) is 0 Å². The van der Waals surface area contributed by atoms with E-state index >= 15 is 0 Å². The van der Waals surface area contributed by atoms with Gasteiger partial charge in [-0.3, -0.25) is 9.59 Å². The zero-order chi connectivity index (χ0) is 17.9. The highest BCUT2D eigenvalue weighted by Gasteiger charge is 2.24. The summed E-state index contributed by atoms with van der Waals surface area (Å²) in [5.74, 6) is 0.0695. The van der Waals surface area contributed by atoms with Gasteiger partial charge in [0.25, 0.3) is 0 Å². The third-order valence-corrected chi connectivity index (χ3v) is 4.99. The molecule has 2 atom stereocenters. The van der Waals surface area contributed by atoms with Crippen molar-refractivity contribution in [1.82, 2.24) is 5.32 Å². The summed E-state index contributed by atoms with van der Waals surface area (Å²) in [5, 5.41) is 3.39. The van der Waals surface area contributed by atoms with Gasteiger partial charge in [0.2, 0.25) is 5.91 Å². The van der Waals surface area contributed by atoms with Gasteiger partial charge in [-0.2, -0.15) is 0 Å². The molecule has 0 bridgehead atoms. The molecule has 1 aromatic rings. The number of thioether (sulfide) groups is 1. The van der Waals surface area contributed by atoms with E-state index < -0.39 is 0 Å². The summed E-state index contributed by atoms with van der Waals surface area (Å²) in [7, 11) is 1.52. The fourth-order valence-corrected chi connectivity index (χ4v) is 3.20. The van der Waals surface area contributed by atoms with Crippen molar-refractivity contribution in [2.24, 2.45) is 5.92 Å². The second-order valence-corrected chi connectivity index (χ2v) is 7.16. The molecular weight excluding hydrogens is 342 g/mol. The maximum Gasteiger partial charge on any atom is 0.224 e. The molecule has 0 unspecified atom stereocenters. The van der Waals surface area contributed by atoms with Crippen molar-refractivity contribution in [2.75, 3.05) is 12.9 Å². The summed E-state index contributed by atoms with van der Waals surface area (Å²) in [6.45, 7) is 3.55. The lowest BCUT2D eigenvalue weighted by atomic mass is 9.99. The number of thiocarbonyl (C=S) groups is 1. The second kappa shape index (κ2) is 11.2. The van der Waals surface area contributed by atoms with Crippen molar-refractivity contribution in [1.29, 1.82) is 0 Å². The van der Waals surface area contributed by atoms with Crippen molar-refractivity contribution in [2.45, 2.75) is 39.2 Å². The van der Waals surface area contributed by atoms with E-state index in [1.165, 1.54) is 25.8 Å². The van der Waals surface area contributed by atoms with Crippen molar-refractivity contribution in [3.05, 3.63) is 35.9 Å². The molecule has 0 aromatic heterocycles. The fourth-order valence-electron chi connectivity index (χ4n) is 2.31. The third-order valence-electron chi connectivity index (χ3n) is 3.56. The number of carbonyl (C=O) groups excluding carboxylic acids is 2. The Bertz CT molecular complexity index is 548. The van der Waals surface area contributed by atoms with Crippen LogP contribution < -0.4 is 5.32 Å². The van der Waals surface area contributed by atoms with Gasteiger partial charge in [0.1, 0.15) is 0 Å². The number of nitrogens with one attached hydrogen (secondary N) is 1. The molecule has 24 heavy (non-hydrogen) atoms. The molecule has 1 rings (SSSR count). The van der Waals surface area contributed by atoms with E-state index in [4.69, 9.17) is 17.0 Å². The minimum atomic E-state index is -0.291. The van der Waals surface area contributed by atoms with E-state index in [0.29, 0.717) is 17.2 Å². The van der Waals surface area contributed by atoms with E-state index in [0.717, 1.165) is 18.4 Å². The molecule has 1 N–H and O–H groups in total. The summed E-state index contributed by atoms with van der Waals surface area (Å²) in [6.07, 6.45) is 2.21. The molecule has 0 fully saturated rings. The molecule has 0 spiro atoms. The van der Waals surface area contributed by atoms with E-state index in [1.54, 1.807) is 0 Å². The topological polar surface area (TPSA) is 55.4 Å². The summed E-state index contributed by atoms with van der Waals surface area (Å²) in [6, 6.07) is 9.54. The highest BCUT2D eigenvalue weighted by atomic mass is 32.2. The number of carbonyl (C=O) groups is 2. The number of hydrogen-bond donors (Lipinski definition) is 1. The first-order chi connectivity index (χ1) is 11.5. The second-order valence-electron chi connectivity index (χ2n) is 5.56. The van der Waals surface area contributed by atoms with Crippen LogP contribution in [-0.4, -0.2) is 35.0 Å². The van der Waals surface area contributed by atoms with E-state index in [9.17, 15) is 9.59 Å².